The van der Waals surface area contributed by atoms with Gasteiger partial charge in [-0.1, -0.05) is 13.3 Å². The third-order valence-corrected chi connectivity index (χ3v) is 3.58. The third kappa shape index (κ3) is 2.75. The molecule has 0 bridgehead atoms. The van der Waals surface area contributed by atoms with E-state index >= 15 is 0 Å². The Kier molecular flexibility index (Phi) is 4.42. The molecule has 18 heavy (non-hydrogen) atoms. The summed E-state index contributed by atoms with van der Waals surface area (Å²) in [6.45, 7) is 3.35. The highest BCUT2D eigenvalue weighted by molar-refractivity contribution is 5.91. The minimum Gasteiger partial charge on any atom is -0.455 e. The highest BCUT2D eigenvalue weighted by Gasteiger charge is 2.28. The molecule has 0 aromatic carbocycles. The van der Waals surface area contributed by atoms with Gasteiger partial charge in [0, 0.05) is 12.6 Å². The van der Waals surface area contributed by atoms with Gasteiger partial charge in [0.25, 0.3) is 5.91 Å². The zero-order valence-electron chi connectivity index (χ0n) is 11.0. The van der Waals surface area contributed by atoms with Crippen LogP contribution < -0.4 is 5.73 Å². The van der Waals surface area contributed by atoms with Crippen molar-refractivity contribution in [3.63, 3.8) is 0 Å². The van der Waals surface area contributed by atoms with Gasteiger partial charge in [0.15, 0.2) is 5.76 Å². The number of nitrogens with zero attached hydrogens (tertiary/aromatic N) is 1. The van der Waals surface area contributed by atoms with E-state index in [1.165, 1.54) is 6.42 Å². The number of furan rings is 1. The Labute approximate surface area is 108 Å². The van der Waals surface area contributed by atoms with E-state index in [9.17, 15) is 4.79 Å². The SMILES string of the molecule is CCCC1CCCCN1C(=O)c1ccc(CN)o1. The van der Waals surface area contributed by atoms with E-state index in [-0.39, 0.29) is 5.91 Å². The van der Waals surface area contributed by atoms with Crippen LogP contribution in [-0.4, -0.2) is 23.4 Å². The number of hydrogen-bond acceptors (Lipinski definition) is 3. The molecule has 100 valence electrons. The number of amides is 1. The fourth-order valence-electron chi connectivity index (χ4n) is 2.65. The Morgan fingerprint density at radius 3 is 3.00 bits per heavy atom. The lowest BCUT2D eigenvalue weighted by atomic mass is 9.98. The molecule has 2 heterocycles. The molecule has 1 atom stereocenters. The molecule has 1 unspecified atom stereocenters. The predicted octanol–water partition coefficient (Wildman–Crippen LogP) is 2.53. The first-order valence-corrected chi connectivity index (χ1v) is 6.86. The van der Waals surface area contributed by atoms with E-state index in [4.69, 9.17) is 10.2 Å². The molecule has 1 aliphatic rings. The summed E-state index contributed by atoms with van der Waals surface area (Å²) in [5.41, 5.74) is 5.50. The van der Waals surface area contributed by atoms with Gasteiger partial charge in [-0.25, -0.2) is 0 Å². The van der Waals surface area contributed by atoms with Gasteiger partial charge in [-0.2, -0.15) is 0 Å². The molecular formula is C14H22N2O2. The summed E-state index contributed by atoms with van der Waals surface area (Å²) in [6, 6.07) is 3.90. The summed E-state index contributed by atoms with van der Waals surface area (Å²) >= 11 is 0. The van der Waals surface area contributed by atoms with E-state index in [0.717, 1.165) is 32.2 Å². The summed E-state index contributed by atoms with van der Waals surface area (Å²) in [5, 5.41) is 0. The maximum atomic E-state index is 12.4. The second-order valence-corrected chi connectivity index (χ2v) is 4.91. The average Bonchev–Trinajstić information content (AvgIpc) is 2.88. The van der Waals surface area contributed by atoms with E-state index in [2.05, 4.69) is 6.92 Å². The maximum absolute atomic E-state index is 12.4. The van der Waals surface area contributed by atoms with Crippen LogP contribution in [0.25, 0.3) is 0 Å². The topological polar surface area (TPSA) is 59.5 Å². The molecule has 1 aromatic rings. The molecule has 4 nitrogen and oxygen atoms in total. The standard InChI is InChI=1S/C14H22N2O2/c1-2-5-11-6-3-4-9-16(11)14(17)13-8-7-12(10-15)18-13/h7-8,11H,2-6,9-10,15H2,1H3. The number of likely N-dealkylation sites (tertiary alicyclic amines) is 1. The van der Waals surface area contributed by atoms with Crippen molar-refractivity contribution in [2.45, 2.75) is 51.6 Å². The molecule has 2 N–H and O–H groups in total. The van der Waals surface area contributed by atoms with Crippen molar-refractivity contribution in [1.29, 1.82) is 0 Å². The van der Waals surface area contributed by atoms with Crippen LogP contribution in [0.5, 0.6) is 0 Å². The van der Waals surface area contributed by atoms with Crippen molar-refractivity contribution in [3.8, 4) is 0 Å². The zero-order chi connectivity index (χ0) is 13.0. The van der Waals surface area contributed by atoms with E-state index in [1.54, 1.807) is 12.1 Å². The van der Waals surface area contributed by atoms with Gasteiger partial charge in [-0.3, -0.25) is 4.79 Å². The Hall–Kier alpha value is -1.29. The molecule has 4 heteroatoms. The number of carbonyl (C=O) groups excluding carboxylic acids is 1. The zero-order valence-corrected chi connectivity index (χ0v) is 11.0. The Bertz CT molecular complexity index is 398. The lowest BCUT2D eigenvalue weighted by Crippen LogP contribution is -2.43. The van der Waals surface area contributed by atoms with Gasteiger partial charge >= 0.3 is 0 Å². The summed E-state index contributed by atoms with van der Waals surface area (Å²) < 4.78 is 5.46. The minimum atomic E-state index is 0.0212. The highest BCUT2D eigenvalue weighted by atomic mass is 16.4. The molecule has 0 spiro atoms. The van der Waals surface area contributed by atoms with Crippen molar-refractivity contribution in [1.82, 2.24) is 4.90 Å². The van der Waals surface area contributed by atoms with Crippen molar-refractivity contribution >= 4 is 5.91 Å². The second kappa shape index (κ2) is 6.05. The number of nitrogens with two attached hydrogens (primary N) is 1. The Morgan fingerprint density at radius 1 is 1.50 bits per heavy atom. The van der Waals surface area contributed by atoms with Crippen LogP contribution >= 0.6 is 0 Å². The van der Waals surface area contributed by atoms with Crippen LogP contribution in [0.3, 0.4) is 0 Å². The van der Waals surface area contributed by atoms with E-state index in [0.29, 0.717) is 24.1 Å². The van der Waals surface area contributed by atoms with Crippen LogP contribution in [0.2, 0.25) is 0 Å². The summed E-state index contributed by atoms with van der Waals surface area (Å²) in [7, 11) is 0. The van der Waals surface area contributed by atoms with E-state index in [1.807, 2.05) is 4.90 Å². The van der Waals surface area contributed by atoms with Gasteiger partial charge < -0.3 is 15.1 Å². The van der Waals surface area contributed by atoms with Gasteiger partial charge in [0.1, 0.15) is 5.76 Å². The summed E-state index contributed by atoms with van der Waals surface area (Å²) in [5.74, 6) is 1.12. The van der Waals surface area contributed by atoms with Crippen LogP contribution in [-0.2, 0) is 6.54 Å². The number of rotatable bonds is 4. The van der Waals surface area contributed by atoms with Gasteiger partial charge in [0.2, 0.25) is 0 Å². The molecule has 1 aromatic heterocycles. The number of carbonyl (C=O) groups is 1. The molecule has 1 saturated heterocycles. The maximum Gasteiger partial charge on any atom is 0.289 e. The fraction of sp³-hybridized carbons (Fsp3) is 0.643. The van der Waals surface area contributed by atoms with Crippen LogP contribution in [0.4, 0.5) is 0 Å². The first kappa shape index (κ1) is 13.1. The first-order valence-electron chi connectivity index (χ1n) is 6.86. The first-order chi connectivity index (χ1) is 8.76. The normalized spacial score (nSPS) is 20.1. The monoisotopic (exact) mass is 250 g/mol. The van der Waals surface area contributed by atoms with Crippen LogP contribution in [0, 0.1) is 0 Å². The quantitative estimate of drug-likeness (QED) is 0.893. The Balaban J connectivity index is 2.10. The number of piperidine rings is 1. The second-order valence-electron chi connectivity index (χ2n) is 4.91. The molecular weight excluding hydrogens is 228 g/mol. The highest BCUT2D eigenvalue weighted by Crippen LogP contribution is 2.23. The molecule has 1 aliphatic heterocycles. The van der Waals surface area contributed by atoms with Gasteiger partial charge in [0.05, 0.1) is 6.54 Å². The Morgan fingerprint density at radius 2 is 2.33 bits per heavy atom. The average molecular weight is 250 g/mol. The molecule has 1 amide bonds. The molecule has 0 saturated carbocycles. The molecule has 0 aliphatic carbocycles. The molecule has 0 radical (unpaired) electrons. The summed E-state index contributed by atoms with van der Waals surface area (Å²) in [4.78, 5) is 14.4. The smallest absolute Gasteiger partial charge is 0.289 e. The van der Waals surface area contributed by atoms with Crippen molar-refractivity contribution < 1.29 is 9.21 Å². The lowest BCUT2D eigenvalue weighted by Gasteiger charge is -2.35. The third-order valence-electron chi connectivity index (χ3n) is 3.58. The van der Waals surface area contributed by atoms with Gasteiger partial charge in [-0.05, 0) is 37.8 Å². The number of hydrogen-bond donors (Lipinski definition) is 1. The largest absolute Gasteiger partial charge is 0.455 e. The molecule has 2 rings (SSSR count). The van der Waals surface area contributed by atoms with Crippen LogP contribution in [0.1, 0.15) is 55.3 Å². The van der Waals surface area contributed by atoms with Crippen molar-refractivity contribution in [2.24, 2.45) is 5.73 Å². The fourth-order valence-corrected chi connectivity index (χ4v) is 2.65. The minimum absolute atomic E-state index is 0.0212. The van der Waals surface area contributed by atoms with Gasteiger partial charge in [-0.15, -0.1) is 0 Å². The van der Waals surface area contributed by atoms with Crippen molar-refractivity contribution in [2.75, 3.05) is 6.54 Å². The summed E-state index contributed by atoms with van der Waals surface area (Å²) in [6.07, 6.45) is 5.62. The van der Waals surface area contributed by atoms with Crippen molar-refractivity contribution in [3.05, 3.63) is 23.7 Å². The predicted molar refractivity (Wildman–Crippen MR) is 70.2 cm³/mol. The van der Waals surface area contributed by atoms with E-state index < -0.39 is 0 Å². The molecule has 1 fully saturated rings. The van der Waals surface area contributed by atoms with Crippen LogP contribution in [0.15, 0.2) is 16.5 Å². The lowest BCUT2D eigenvalue weighted by molar-refractivity contribution is 0.0566.